The van der Waals surface area contributed by atoms with Crippen molar-refractivity contribution in [2.24, 2.45) is 5.73 Å². The maximum absolute atomic E-state index is 5.97. The first-order chi connectivity index (χ1) is 6.27. The van der Waals surface area contributed by atoms with E-state index in [9.17, 15) is 0 Å². The van der Waals surface area contributed by atoms with Crippen molar-refractivity contribution in [2.75, 3.05) is 6.61 Å². The Hall–Kier alpha value is -0.440. The van der Waals surface area contributed by atoms with Gasteiger partial charge in [-0.05, 0) is 25.0 Å². The van der Waals surface area contributed by atoms with Gasteiger partial charge in [0.25, 0.3) is 0 Å². The molecule has 0 saturated heterocycles. The van der Waals surface area contributed by atoms with Crippen molar-refractivity contribution in [1.82, 2.24) is 0 Å². The van der Waals surface area contributed by atoms with Crippen LogP contribution >= 0.6 is 24.0 Å². The number of benzene rings is 1. The number of halogens is 2. The minimum absolute atomic E-state index is 0. The average Bonchev–Trinajstić information content (AvgIpc) is 2.28. The fraction of sp³-hybridized carbons (Fsp3) is 0.400. The lowest BCUT2D eigenvalue weighted by atomic mass is 10.0. The van der Waals surface area contributed by atoms with Crippen LogP contribution in [-0.4, -0.2) is 6.61 Å². The Morgan fingerprint density at radius 1 is 1.43 bits per heavy atom. The highest BCUT2D eigenvalue weighted by atomic mass is 35.5. The van der Waals surface area contributed by atoms with Gasteiger partial charge < -0.3 is 10.5 Å². The maximum atomic E-state index is 5.97. The van der Waals surface area contributed by atoms with Gasteiger partial charge in [-0.15, -0.1) is 12.4 Å². The van der Waals surface area contributed by atoms with Gasteiger partial charge >= 0.3 is 0 Å². The lowest BCUT2D eigenvalue weighted by molar-refractivity contribution is 0.316. The summed E-state index contributed by atoms with van der Waals surface area (Å²) < 4.78 is 5.54. The lowest BCUT2D eigenvalue weighted by Crippen LogP contribution is -2.08. The first-order valence-corrected chi connectivity index (χ1v) is 4.83. The first kappa shape index (κ1) is 11.6. The smallest absolute Gasteiger partial charge is 0.125 e. The summed E-state index contributed by atoms with van der Waals surface area (Å²) in [4.78, 5) is 0. The van der Waals surface area contributed by atoms with Crippen molar-refractivity contribution < 1.29 is 4.74 Å². The molecule has 2 N–H and O–H groups in total. The predicted molar refractivity (Wildman–Crippen MR) is 60.4 cm³/mol. The fourth-order valence-electron chi connectivity index (χ4n) is 1.58. The molecular weight excluding hydrogens is 221 g/mol. The van der Waals surface area contributed by atoms with E-state index >= 15 is 0 Å². The van der Waals surface area contributed by atoms with Crippen molar-refractivity contribution in [3.8, 4) is 5.75 Å². The van der Waals surface area contributed by atoms with Crippen LogP contribution in [0, 0.1) is 0 Å². The topological polar surface area (TPSA) is 35.2 Å². The van der Waals surface area contributed by atoms with Crippen LogP contribution in [0.2, 0.25) is 5.02 Å². The van der Waals surface area contributed by atoms with Crippen LogP contribution in [0.3, 0.4) is 0 Å². The van der Waals surface area contributed by atoms with E-state index in [2.05, 4.69) is 0 Å². The van der Waals surface area contributed by atoms with Crippen molar-refractivity contribution in [3.63, 3.8) is 0 Å². The standard InChI is InChI=1S/C10H12ClNO.ClH/c11-7-3-4-8-9(12)2-1-5-13-10(8)6-7;/h3-4,6,9H,1-2,5,12H2;1H. The molecule has 78 valence electrons. The highest BCUT2D eigenvalue weighted by molar-refractivity contribution is 6.30. The zero-order valence-corrected chi connectivity index (χ0v) is 9.27. The Morgan fingerprint density at radius 3 is 3.00 bits per heavy atom. The van der Waals surface area contributed by atoms with Crippen LogP contribution in [0.4, 0.5) is 0 Å². The number of hydrogen-bond acceptors (Lipinski definition) is 2. The van der Waals surface area contributed by atoms with E-state index in [0.29, 0.717) is 5.02 Å². The van der Waals surface area contributed by atoms with E-state index in [0.717, 1.165) is 30.8 Å². The predicted octanol–water partition coefficient (Wildman–Crippen LogP) is 2.93. The Balaban J connectivity index is 0.000000980. The number of fused-ring (bicyclic) bond motifs is 1. The summed E-state index contributed by atoms with van der Waals surface area (Å²) >= 11 is 5.86. The van der Waals surface area contributed by atoms with Crippen LogP contribution in [0.5, 0.6) is 5.75 Å². The molecule has 4 heteroatoms. The van der Waals surface area contributed by atoms with Gasteiger partial charge in [0.1, 0.15) is 5.75 Å². The number of ether oxygens (including phenoxy) is 1. The third-order valence-corrected chi connectivity index (χ3v) is 2.53. The molecule has 0 spiro atoms. The number of nitrogens with two attached hydrogens (primary N) is 1. The molecule has 0 saturated carbocycles. The first-order valence-electron chi connectivity index (χ1n) is 4.45. The summed E-state index contributed by atoms with van der Waals surface area (Å²) in [5.41, 5.74) is 7.04. The van der Waals surface area contributed by atoms with Gasteiger partial charge in [0.2, 0.25) is 0 Å². The van der Waals surface area contributed by atoms with Gasteiger partial charge in [-0.2, -0.15) is 0 Å². The summed E-state index contributed by atoms with van der Waals surface area (Å²) in [6, 6.07) is 5.74. The molecule has 1 unspecified atom stereocenters. The summed E-state index contributed by atoms with van der Waals surface area (Å²) in [5.74, 6) is 0.845. The minimum atomic E-state index is 0. The molecule has 0 radical (unpaired) electrons. The lowest BCUT2D eigenvalue weighted by Gasteiger charge is -2.11. The fourth-order valence-corrected chi connectivity index (χ4v) is 1.74. The van der Waals surface area contributed by atoms with E-state index in [1.54, 1.807) is 0 Å². The third-order valence-electron chi connectivity index (χ3n) is 2.29. The van der Waals surface area contributed by atoms with Crippen LogP contribution < -0.4 is 10.5 Å². The van der Waals surface area contributed by atoms with Gasteiger partial charge in [0.05, 0.1) is 6.61 Å². The van der Waals surface area contributed by atoms with Crippen LogP contribution in [0.1, 0.15) is 24.4 Å². The molecule has 0 fully saturated rings. The summed E-state index contributed by atoms with van der Waals surface area (Å²) in [7, 11) is 0. The summed E-state index contributed by atoms with van der Waals surface area (Å²) in [6.45, 7) is 0.737. The Kier molecular flexibility index (Phi) is 4.05. The molecule has 14 heavy (non-hydrogen) atoms. The zero-order chi connectivity index (χ0) is 9.26. The van der Waals surface area contributed by atoms with E-state index in [1.165, 1.54) is 0 Å². The third kappa shape index (κ3) is 2.32. The van der Waals surface area contributed by atoms with Crippen molar-refractivity contribution in [3.05, 3.63) is 28.8 Å². The molecule has 0 aliphatic carbocycles. The Labute approximate surface area is 94.8 Å². The van der Waals surface area contributed by atoms with E-state index in [-0.39, 0.29) is 18.4 Å². The zero-order valence-electron chi connectivity index (χ0n) is 7.70. The molecule has 1 aliphatic rings. The average molecular weight is 234 g/mol. The highest BCUT2D eigenvalue weighted by Crippen LogP contribution is 2.31. The van der Waals surface area contributed by atoms with Gasteiger partial charge in [-0.25, -0.2) is 0 Å². The van der Waals surface area contributed by atoms with Crippen molar-refractivity contribution >= 4 is 24.0 Å². The molecule has 2 nitrogen and oxygen atoms in total. The monoisotopic (exact) mass is 233 g/mol. The Bertz CT molecular complexity index is 317. The van der Waals surface area contributed by atoms with Crippen LogP contribution in [0.25, 0.3) is 0 Å². The summed E-state index contributed by atoms with van der Waals surface area (Å²) in [6.07, 6.45) is 1.99. The molecule has 1 atom stereocenters. The molecule has 0 aromatic heterocycles. The number of rotatable bonds is 0. The van der Waals surface area contributed by atoms with E-state index < -0.39 is 0 Å². The van der Waals surface area contributed by atoms with Crippen LogP contribution in [-0.2, 0) is 0 Å². The highest BCUT2D eigenvalue weighted by Gasteiger charge is 2.15. The SMILES string of the molecule is Cl.NC1CCCOc2cc(Cl)ccc21. The van der Waals surface area contributed by atoms with Crippen molar-refractivity contribution in [2.45, 2.75) is 18.9 Å². The summed E-state index contributed by atoms with van der Waals surface area (Å²) in [5, 5.41) is 0.702. The minimum Gasteiger partial charge on any atom is -0.493 e. The van der Waals surface area contributed by atoms with Gasteiger partial charge in [0.15, 0.2) is 0 Å². The maximum Gasteiger partial charge on any atom is 0.125 e. The van der Waals surface area contributed by atoms with Gasteiger partial charge in [-0.1, -0.05) is 17.7 Å². The normalized spacial score (nSPS) is 20.0. The Morgan fingerprint density at radius 2 is 2.21 bits per heavy atom. The second kappa shape index (κ2) is 4.87. The largest absolute Gasteiger partial charge is 0.493 e. The quantitative estimate of drug-likeness (QED) is 0.748. The molecule has 1 aromatic carbocycles. The molecule has 0 bridgehead atoms. The second-order valence-electron chi connectivity index (χ2n) is 3.28. The van der Waals surface area contributed by atoms with Crippen LogP contribution in [0.15, 0.2) is 18.2 Å². The van der Waals surface area contributed by atoms with Gasteiger partial charge in [0, 0.05) is 16.6 Å². The molecule has 0 amide bonds. The molecule has 2 rings (SSSR count). The number of hydrogen-bond donors (Lipinski definition) is 1. The molecular formula is C10H13Cl2NO. The van der Waals surface area contributed by atoms with Crippen molar-refractivity contribution in [1.29, 1.82) is 0 Å². The van der Waals surface area contributed by atoms with Gasteiger partial charge in [-0.3, -0.25) is 0 Å². The molecule has 1 aliphatic heterocycles. The van der Waals surface area contributed by atoms with E-state index in [4.69, 9.17) is 22.1 Å². The molecule has 1 heterocycles. The van der Waals surface area contributed by atoms with E-state index in [1.807, 2.05) is 18.2 Å². The second-order valence-corrected chi connectivity index (χ2v) is 3.72. The molecule has 1 aromatic rings.